The van der Waals surface area contributed by atoms with Crippen LogP contribution in [0.2, 0.25) is 0 Å². The van der Waals surface area contributed by atoms with E-state index in [1.165, 1.54) is 23.1 Å². The molecule has 0 aliphatic carbocycles. The van der Waals surface area contributed by atoms with Crippen LogP contribution in [0.25, 0.3) is 22.3 Å². The van der Waals surface area contributed by atoms with Crippen LogP contribution in [0.5, 0.6) is 0 Å². The molecule has 0 saturated heterocycles. The molecule has 0 aliphatic heterocycles. The van der Waals surface area contributed by atoms with Gasteiger partial charge in [0.05, 0.1) is 6.04 Å². The predicted molar refractivity (Wildman–Crippen MR) is 107 cm³/mol. The molecule has 32 heavy (non-hydrogen) atoms. The summed E-state index contributed by atoms with van der Waals surface area (Å²) in [6.07, 6.45) is -2.36. The first-order valence-corrected chi connectivity index (χ1v) is 9.31. The highest BCUT2D eigenvalue weighted by molar-refractivity contribution is 5.83. The molecule has 7 nitrogen and oxygen atoms in total. The van der Waals surface area contributed by atoms with Crippen LogP contribution >= 0.6 is 0 Å². The van der Waals surface area contributed by atoms with Gasteiger partial charge in [0.25, 0.3) is 0 Å². The van der Waals surface area contributed by atoms with Crippen molar-refractivity contribution in [3.8, 4) is 11.4 Å². The van der Waals surface area contributed by atoms with Crippen LogP contribution in [0.1, 0.15) is 17.5 Å². The molecule has 0 radical (unpaired) electrons. The topological polar surface area (TPSA) is 104 Å². The molecule has 0 aliphatic rings. The zero-order valence-corrected chi connectivity index (χ0v) is 16.7. The van der Waals surface area contributed by atoms with Crippen LogP contribution in [0, 0.1) is 5.82 Å². The number of hydrogen-bond donors (Lipinski definition) is 3. The van der Waals surface area contributed by atoms with Crippen molar-refractivity contribution in [2.24, 2.45) is 0 Å². The first-order chi connectivity index (χ1) is 15.2. The van der Waals surface area contributed by atoms with E-state index in [0.717, 1.165) is 11.1 Å². The van der Waals surface area contributed by atoms with E-state index in [4.69, 9.17) is 14.4 Å². The fourth-order valence-corrected chi connectivity index (χ4v) is 2.93. The third-order valence-corrected chi connectivity index (χ3v) is 4.53. The Labute approximate surface area is 179 Å². The number of H-pyrrole nitrogens is 1. The Kier molecular flexibility index (Phi) is 6.89. The van der Waals surface area contributed by atoms with Crippen molar-refractivity contribution in [3.63, 3.8) is 0 Å². The number of benzene rings is 2. The summed E-state index contributed by atoms with van der Waals surface area (Å²) in [7, 11) is 1.86. The van der Waals surface area contributed by atoms with Crippen LogP contribution in [-0.2, 0) is 11.2 Å². The molecule has 4 rings (SSSR count). The second kappa shape index (κ2) is 9.60. The van der Waals surface area contributed by atoms with Crippen LogP contribution in [0.3, 0.4) is 0 Å². The molecular weight excluding hydrogens is 432 g/mol. The van der Waals surface area contributed by atoms with E-state index in [9.17, 15) is 17.6 Å². The molecule has 2 aromatic carbocycles. The number of aromatic nitrogens is 3. The smallest absolute Gasteiger partial charge is 0.475 e. The number of hydrogen-bond acceptors (Lipinski definition) is 5. The molecule has 1 unspecified atom stereocenters. The number of aliphatic carboxylic acids is 1. The summed E-state index contributed by atoms with van der Waals surface area (Å²) in [6, 6.07) is 14.1. The van der Waals surface area contributed by atoms with Gasteiger partial charge in [0.1, 0.15) is 5.82 Å². The SMILES string of the molecule is CNC(Cc1c[nH]c2ccccc12)c1nc(-c2ccc(F)cc2)no1.O=C(O)C(F)(F)F. The van der Waals surface area contributed by atoms with Gasteiger partial charge in [-0.3, -0.25) is 0 Å². The van der Waals surface area contributed by atoms with Crippen molar-refractivity contribution < 1.29 is 32.0 Å². The first kappa shape index (κ1) is 22.9. The number of carboxylic acids is 1. The number of nitrogens with one attached hydrogen (secondary N) is 2. The lowest BCUT2D eigenvalue weighted by Crippen LogP contribution is -2.21. The van der Waals surface area contributed by atoms with Crippen molar-refractivity contribution in [3.05, 3.63) is 72.0 Å². The van der Waals surface area contributed by atoms with Crippen LogP contribution < -0.4 is 5.32 Å². The van der Waals surface area contributed by atoms with Gasteiger partial charge >= 0.3 is 12.1 Å². The van der Waals surface area contributed by atoms with E-state index in [1.807, 2.05) is 31.4 Å². The van der Waals surface area contributed by atoms with Crippen molar-refractivity contribution in [2.75, 3.05) is 7.05 Å². The maximum Gasteiger partial charge on any atom is 0.490 e. The van der Waals surface area contributed by atoms with Gasteiger partial charge in [-0.05, 0) is 49.4 Å². The molecule has 0 spiro atoms. The van der Waals surface area contributed by atoms with Crippen molar-refractivity contribution in [1.29, 1.82) is 0 Å². The lowest BCUT2D eigenvalue weighted by atomic mass is 10.1. The molecule has 0 saturated carbocycles. The van der Waals surface area contributed by atoms with Crippen LogP contribution in [0.15, 0.2) is 59.3 Å². The number of carbonyl (C=O) groups is 1. The summed E-state index contributed by atoms with van der Waals surface area (Å²) in [6.45, 7) is 0. The standard InChI is InChI=1S/C19H17FN4O.C2HF3O2/c1-21-17(10-13-11-22-16-5-3-2-4-15(13)16)19-23-18(24-25-19)12-6-8-14(20)9-7-12;3-2(4,5)1(6)7/h2-9,11,17,21-22H,10H2,1H3;(H,6,7). The summed E-state index contributed by atoms with van der Waals surface area (Å²) in [5.41, 5.74) is 3.00. The zero-order valence-electron chi connectivity index (χ0n) is 16.7. The Morgan fingerprint density at radius 2 is 1.84 bits per heavy atom. The van der Waals surface area contributed by atoms with Gasteiger partial charge in [-0.25, -0.2) is 9.18 Å². The third-order valence-electron chi connectivity index (χ3n) is 4.53. The van der Waals surface area contributed by atoms with E-state index in [0.29, 0.717) is 18.1 Å². The molecule has 0 fully saturated rings. The molecular formula is C21H18F4N4O3. The monoisotopic (exact) mass is 450 g/mol. The first-order valence-electron chi connectivity index (χ1n) is 9.31. The second-order valence-electron chi connectivity index (χ2n) is 6.67. The summed E-state index contributed by atoms with van der Waals surface area (Å²) in [5.74, 6) is -2.09. The molecule has 1 atom stereocenters. The minimum Gasteiger partial charge on any atom is -0.475 e. The third kappa shape index (κ3) is 5.49. The molecule has 4 aromatic rings. The number of rotatable bonds is 5. The van der Waals surface area contributed by atoms with Gasteiger partial charge in [-0.15, -0.1) is 0 Å². The summed E-state index contributed by atoms with van der Waals surface area (Å²) in [5, 5.41) is 15.6. The van der Waals surface area contributed by atoms with E-state index < -0.39 is 12.1 Å². The largest absolute Gasteiger partial charge is 0.490 e. The Bertz CT molecular complexity index is 1190. The van der Waals surface area contributed by atoms with E-state index in [1.54, 1.807) is 12.1 Å². The normalized spacial score (nSPS) is 12.3. The number of fused-ring (bicyclic) bond motifs is 1. The maximum atomic E-state index is 13.1. The highest BCUT2D eigenvalue weighted by Crippen LogP contribution is 2.25. The minimum atomic E-state index is -5.08. The number of para-hydroxylation sites is 1. The van der Waals surface area contributed by atoms with Crippen LogP contribution in [-0.4, -0.2) is 39.4 Å². The minimum absolute atomic E-state index is 0.110. The van der Waals surface area contributed by atoms with E-state index in [2.05, 4.69) is 26.5 Å². The number of carboxylic acid groups (broad SMARTS) is 1. The molecule has 2 heterocycles. The lowest BCUT2D eigenvalue weighted by molar-refractivity contribution is -0.192. The van der Waals surface area contributed by atoms with Crippen molar-refractivity contribution in [1.82, 2.24) is 20.4 Å². The highest BCUT2D eigenvalue weighted by Gasteiger charge is 2.38. The van der Waals surface area contributed by atoms with Gasteiger partial charge in [0, 0.05) is 22.7 Å². The highest BCUT2D eigenvalue weighted by atomic mass is 19.4. The molecule has 0 bridgehead atoms. The Morgan fingerprint density at radius 1 is 1.19 bits per heavy atom. The van der Waals surface area contributed by atoms with Gasteiger partial charge < -0.3 is 19.9 Å². The number of alkyl halides is 3. The van der Waals surface area contributed by atoms with Crippen molar-refractivity contribution in [2.45, 2.75) is 18.6 Å². The predicted octanol–water partition coefficient (Wildman–Crippen LogP) is 4.49. The van der Waals surface area contributed by atoms with E-state index >= 15 is 0 Å². The lowest BCUT2D eigenvalue weighted by Gasteiger charge is -2.10. The zero-order chi connectivity index (χ0) is 23.3. The van der Waals surface area contributed by atoms with E-state index in [-0.39, 0.29) is 11.9 Å². The Balaban J connectivity index is 0.000000360. The van der Waals surface area contributed by atoms with Gasteiger partial charge in [0.15, 0.2) is 0 Å². The van der Waals surface area contributed by atoms with Gasteiger partial charge in [0.2, 0.25) is 11.7 Å². The molecule has 11 heteroatoms. The summed E-state index contributed by atoms with van der Waals surface area (Å²) in [4.78, 5) is 16.6. The number of likely N-dealkylation sites (N-methyl/N-ethyl adjacent to an activating group) is 1. The second-order valence-corrected chi connectivity index (χ2v) is 6.67. The molecule has 168 valence electrons. The number of aromatic amines is 1. The van der Waals surface area contributed by atoms with Crippen LogP contribution in [0.4, 0.5) is 17.6 Å². The van der Waals surface area contributed by atoms with Gasteiger partial charge in [-0.1, -0.05) is 23.4 Å². The quantitative estimate of drug-likeness (QED) is 0.387. The molecule has 3 N–H and O–H groups in total. The number of halogens is 4. The Morgan fingerprint density at radius 3 is 2.47 bits per heavy atom. The average Bonchev–Trinajstić information content (AvgIpc) is 3.40. The Hall–Kier alpha value is -3.73. The molecule has 2 aromatic heterocycles. The number of nitrogens with zero attached hydrogens (tertiary/aromatic N) is 2. The summed E-state index contributed by atoms with van der Waals surface area (Å²) >= 11 is 0. The van der Waals surface area contributed by atoms with Gasteiger partial charge in [-0.2, -0.15) is 18.2 Å². The maximum absolute atomic E-state index is 13.1. The van der Waals surface area contributed by atoms with Crippen molar-refractivity contribution >= 4 is 16.9 Å². The fourth-order valence-electron chi connectivity index (χ4n) is 2.93. The molecule has 0 amide bonds. The average molecular weight is 450 g/mol. The summed E-state index contributed by atoms with van der Waals surface area (Å²) < 4.78 is 50.2. The fraction of sp³-hybridized carbons (Fsp3) is 0.190.